The Kier molecular flexibility index (Phi) is 2.91. The molecule has 0 fully saturated rings. The second-order valence-electron chi connectivity index (χ2n) is 3.22. The van der Waals surface area contributed by atoms with Gasteiger partial charge in [0, 0.05) is 10.4 Å². The number of halogens is 2. The fourth-order valence-electron chi connectivity index (χ4n) is 1.40. The van der Waals surface area contributed by atoms with Crippen molar-refractivity contribution < 1.29 is 5.11 Å². The number of aromatic nitrogens is 1. The van der Waals surface area contributed by atoms with Crippen molar-refractivity contribution in [3.63, 3.8) is 0 Å². The van der Waals surface area contributed by atoms with Gasteiger partial charge < -0.3 is 15.8 Å². The van der Waals surface area contributed by atoms with Crippen LogP contribution in [0.25, 0.3) is 10.9 Å². The largest absolute Gasteiger partial charge is 0.493 e. The van der Waals surface area contributed by atoms with E-state index in [0.717, 1.165) is 0 Å². The van der Waals surface area contributed by atoms with Crippen LogP contribution in [0.15, 0.2) is 22.4 Å². The molecule has 1 aromatic heterocycles. The van der Waals surface area contributed by atoms with Crippen LogP contribution in [0.3, 0.4) is 0 Å². The van der Waals surface area contributed by atoms with E-state index in [1.807, 2.05) is 0 Å². The number of nitrogens with zero attached hydrogens (tertiary/aromatic N) is 2. The lowest BCUT2D eigenvalue weighted by atomic mass is 10.2. The molecule has 1 aromatic carbocycles. The Balaban J connectivity index is 2.70. The number of azo groups is 1. The zero-order valence-corrected chi connectivity index (χ0v) is 9.84. The summed E-state index contributed by atoms with van der Waals surface area (Å²) in [6, 6.07) is 3.11. The first-order valence-corrected chi connectivity index (χ1v) is 5.20. The van der Waals surface area contributed by atoms with Gasteiger partial charge in [0.05, 0.1) is 10.5 Å². The van der Waals surface area contributed by atoms with Gasteiger partial charge in [0.15, 0.2) is 5.69 Å². The van der Waals surface area contributed by atoms with Gasteiger partial charge >= 0.3 is 0 Å². The van der Waals surface area contributed by atoms with Gasteiger partial charge in [-0.2, -0.15) is 0 Å². The zero-order chi connectivity index (χ0) is 12.6. The number of fused-ring (bicyclic) bond motifs is 1. The number of nitrogens with two attached hydrogens (primary N) is 1. The highest BCUT2D eigenvalue weighted by atomic mass is 35.5. The number of rotatable bonds is 1. The monoisotopic (exact) mass is 271 g/mol. The maximum absolute atomic E-state index is 9.64. The van der Waals surface area contributed by atoms with Crippen molar-refractivity contribution in [1.29, 1.82) is 5.41 Å². The van der Waals surface area contributed by atoms with Crippen molar-refractivity contribution in [1.82, 2.24) is 4.98 Å². The molecule has 0 saturated heterocycles. The van der Waals surface area contributed by atoms with E-state index in [2.05, 4.69) is 15.2 Å². The quantitative estimate of drug-likeness (QED) is 0.363. The highest BCUT2D eigenvalue weighted by Crippen LogP contribution is 2.39. The first-order valence-electron chi connectivity index (χ1n) is 4.44. The molecule has 0 bridgehead atoms. The summed E-state index contributed by atoms with van der Waals surface area (Å²) in [6.07, 6.45) is 0. The Labute approximate surface area is 106 Å². The van der Waals surface area contributed by atoms with E-state index >= 15 is 0 Å². The first-order chi connectivity index (χ1) is 7.99. The molecule has 0 atom stereocenters. The molecule has 5 N–H and O–H groups in total. The van der Waals surface area contributed by atoms with Gasteiger partial charge in [0.1, 0.15) is 0 Å². The third kappa shape index (κ3) is 2.17. The molecule has 2 rings (SSSR count). The molecule has 0 unspecified atom stereocenters. The molecule has 2 aromatic rings. The van der Waals surface area contributed by atoms with Crippen molar-refractivity contribution >= 4 is 45.8 Å². The van der Waals surface area contributed by atoms with Crippen LogP contribution >= 0.6 is 23.2 Å². The Hall–Kier alpha value is -1.79. The van der Waals surface area contributed by atoms with E-state index < -0.39 is 5.96 Å². The topological polar surface area (TPSA) is 111 Å². The lowest BCUT2D eigenvalue weighted by molar-refractivity contribution is 0.459. The summed E-state index contributed by atoms with van der Waals surface area (Å²) in [4.78, 5) is 2.65. The van der Waals surface area contributed by atoms with Crippen LogP contribution in [0.4, 0.5) is 5.69 Å². The standard InChI is InChI=1S/C9H7Cl2N5O/c10-3-1-4-6(5(11)2-3)14-8(17)7(4)15-16-9(12)13/h1-2,14,17H,(H3,12,13). The average molecular weight is 272 g/mol. The summed E-state index contributed by atoms with van der Waals surface area (Å²) in [5.41, 5.74) is 5.67. The highest BCUT2D eigenvalue weighted by molar-refractivity contribution is 6.38. The summed E-state index contributed by atoms with van der Waals surface area (Å²) >= 11 is 11.8. The van der Waals surface area contributed by atoms with E-state index in [9.17, 15) is 5.11 Å². The molecule has 6 nitrogen and oxygen atoms in total. The van der Waals surface area contributed by atoms with E-state index in [4.69, 9.17) is 34.3 Å². The van der Waals surface area contributed by atoms with E-state index in [1.165, 1.54) is 6.07 Å². The van der Waals surface area contributed by atoms with E-state index in [1.54, 1.807) is 6.07 Å². The predicted molar refractivity (Wildman–Crippen MR) is 66.4 cm³/mol. The summed E-state index contributed by atoms with van der Waals surface area (Å²) < 4.78 is 0. The number of nitrogens with one attached hydrogen (secondary N) is 2. The number of aromatic hydroxyl groups is 1. The molecular weight excluding hydrogens is 265 g/mol. The van der Waals surface area contributed by atoms with Crippen LogP contribution in [0, 0.1) is 5.41 Å². The van der Waals surface area contributed by atoms with Crippen molar-refractivity contribution in [3.8, 4) is 5.88 Å². The van der Waals surface area contributed by atoms with Gasteiger partial charge in [-0.3, -0.25) is 5.41 Å². The van der Waals surface area contributed by atoms with Crippen LogP contribution < -0.4 is 5.73 Å². The number of hydrogen-bond donors (Lipinski definition) is 4. The second kappa shape index (κ2) is 4.23. The maximum Gasteiger partial charge on any atom is 0.232 e. The van der Waals surface area contributed by atoms with Crippen LogP contribution in [-0.4, -0.2) is 16.1 Å². The van der Waals surface area contributed by atoms with Gasteiger partial charge in [0.2, 0.25) is 11.8 Å². The molecule has 0 spiro atoms. The Morgan fingerprint density at radius 2 is 2.12 bits per heavy atom. The molecular formula is C9H7Cl2N5O. The number of benzene rings is 1. The van der Waals surface area contributed by atoms with Crippen molar-refractivity contribution in [2.45, 2.75) is 0 Å². The lowest BCUT2D eigenvalue weighted by Gasteiger charge is -1.95. The average Bonchev–Trinajstić information content (AvgIpc) is 2.52. The first kappa shape index (κ1) is 11.7. The maximum atomic E-state index is 9.64. The van der Waals surface area contributed by atoms with Crippen molar-refractivity contribution in [3.05, 3.63) is 22.2 Å². The number of guanidine groups is 1. The zero-order valence-electron chi connectivity index (χ0n) is 8.33. The van der Waals surface area contributed by atoms with Crippen LogP contribution in [0.5, 0.6) is 5.88 Å². The summed E-state index contributed by atoms with van der Waals surface area (Å²) in [7, 11) is 0. The van der Waals surface area contributed by atoms with E-state index in [0.29, 0.717) is 20.9 Å². The Morgan fingerprint density at radius 1 is 1.41 bits per heavy atom. The van der Waals surface area contributed by atoms with Crippen LogP contribution in [0.1, 0.15) is 0 Å². The molecule has 0 amide bonds. The third-order valence-corrected chi connectivity index (χ3v) is 2.55. The normalized spacial score (nSPS) is 11.4. The second-order valence-corrected chi connectivity index (χ2v) is 4.06. The molecule has 0 aliphatic rings. The summed E-state index contributed by atoms with van der Waals surface area (Å²) in [6.45, 7) is 0. The minimum absolute atomic E-state index is 0.139. The SMILES string of the molecule is N=C(N)N=Nc1c(O)[nH]c2c(Cl)cc(Cl)cc12. The highest BCUT2D eigenvalue weighted by Gasteiger charge is 2.13. The van der Waals surface area contributed by atoms with Gasteiger partial charge in [-0.15, -0.1) is 10.2 Å². The van der Waals surface area contributed by atoms with Gasteiger partial charge in [0.25, 0.3) is 0 Å². The molecule has 17 heavy (non-hydrogen) atoms. The predicted octanol–water partition coefficient (Wildman–Crippen LogP) is 3.16. The minimum atomic E-state index is -0.466. The van der Waals surface area contributed by atoms with Crippen molar-refractivity contribution in [2.75, 3.05) is 0 Å². The molecule has 0 radical (unpaired) electrons. The molecule has 1 heterocycles. The summed E-state index contributed by atoms with van der Waals surface area (Å²) in [5, 5.41) is 24.8. The fraction of sp³-hybridized carbons (Fsp3) is 0. The molecule has 0 aliphatic heterocycles. The molecule has 0 saturated carbocycles. The van der Waals surface area contributed by atoms with Crippen LogP contribution in [0.2, 0.25) is 10.0 Å². The van der Waals surface area contributed by atoms with Gasteiger partial charge in [-0.05, 0) is 12.1 Å². The Bertz CT molecular complexity index is 634. The van der Waals surface area contributed by atoms with Crippen LogP contribution in [-0.2, 0) is 0 Å². The molecule has 88 valence electrons. The third-order valence-electron chi connectivity index (χ3n) is 2.04. The van der Waals surface area contributed by atoms with E-state index in [-0.39, 0.29) is 11.6 Å². The number of hydrogen-bond acceptors (Lipinski definition) is 3. The number of aromatic amines is 1. The minimum Gasteiger partial charge on any atom is -0.493 e. The molecule has 8 heteroatoms. The fourth-order valence-corrected chi connectivity index (χ4v) is 1.94. The van der Waals surface area contributed by atoms with Crippen molar-refractivity contribution in [2.24, 2.45) is 16.0 Å². The molecule has 0 aliphatic carbocycles. The van der Waals surface area contributed by atoms with Gasteiger partial charge in [-0.25, -0.2) is 0 Å². The summed E-state index contributed by atoms with van der Waals surface area (Å²) in [5.74, 6) is -0.680. The smallest absolute Gasteiger partial charge is 0.232 e. The van der Waals surface area contributed by atoms with Gasteiger partial charge in [-0.1, -0.05) is 23.2 Å². The lowest BCUT2D eigenvalue weighted by Crippen LogP contribution is -2.03. The Morgan fingerprint density at radius 3 is 2.76 bits per heavy atom. The number of H-pyrrole nitrogens is 1.